The summed E-state index contributed by atoms with van der Waals surface area (Å²) in [6.07, 6.45) is -3.32. The first kappa shape index (κ1) is 9.67. The van der Waals surface area contributed by atoms with E-state index in [-0.39, 0.29) is 0 Å². The van der Waals surface area contributed by atoms with Gasteiger partial charge in [-0.05, 0) is 33.8 Å². The summed E-state index contributed by atoms with van der Waals surface area (Å²) in [5, 5.41) is 0. The summed E-state index contributed by atoms with van der Waals surface area (Å²) in [5.41, 5.74) is -0.923. The van der Waals surface area contributed by atoms with E-state index in [2.05, 4.69) is 4.98 Å². The van der Waals surface area contributed by atoms with Crippen molar-refractivity contribution >= 4 is 21.7 Å². The summed E-state index contributed by atoms with van der Waals surface area (Å²) in [7, 11) is 6.00. The van der Waals surface area contributed by atoms with Gasteiger partial charge in [0.1, 0.15) is 5.69 Å². The molecule has 12 heavy (non-hydrogen) atoms. The lowest BCUT2D eigenvalue weighted by atomic mass is 10.3. The molecule has 6 heteroatoms. The predicted molar refractivity (Wildman–Crippen MR) is 40.9 cm³/mol. The highest BCUT2D eigenvalue weighted by molar-refractivity contribution is 8.21. The Balaban J connectivity index is 3.02. The van der Waals surface area contributed by atoms with Crippen LogP contribution in [0.4, 0.5) is 13.2 Å². The third-order valence-corrected chi connectivity index (χ3v) is 2.08. The average Bonchev–Trinajstić information content (AvgIpc) is 2.03. The number of pyridine rings is 1. The van der Waals surface area contributed by atoms with Gasteiger partial charge >= 0.3 is 6.18 Å². The van der Waals surface area contributed by atoms with Crippen LogP contribution in [-0.4, -0.2) is 4.98 Å². The van der Waals surface area contributed by atoms with Gasteiger partial charge in [0.15, 0.2) is 0 Å². The van der Waals surface area contributed by atoms with Crippen molar-refractivity contribution in [2.24, 2.45) is 0 Å². The molecule has 0 aliphatic heterocycles. The molecule has 0 unspecified atom stereocenters. The number of alkyl halides is 3. The van der Waals surface area contributed by atoms with Gasteiger partial charge in [0.25, 0.3) is 0 Å². The van der Waals surface area contributed by atoms with Crippen molar-refractivity contribution in [3.8, 4) is 0 Å². The van der Waals surface area contributed by atoms with E-state index in [1.807, 2.05) is 0 Å². The highest BCUT2D eigenvalue weighted by Crippen LogP contribution is 2.30. The Bertz CT molecular complexity index is 276. The number of hydrogen-bond donors (Lipinski definition) is 0. The van der Waals surface area contributed by atoms with Crippen molar-refractivity contribution in [2.75, 3.05) is 0 Å². The van der Waals surface area contributed by atoms with Crippen molar-refractivity contribution in [3.63, 3.8) is 0 Å². The van der Waals surface area contributed by atoms with Gasteiger partial charge in [-0.15, -0.1) is 0 Å². The van der Waals surface area contributed by atoms with Gasteiger partial charge in [-0.1, -0.05) is 0 Å². The van der Waals surface area contributed by atoms with Crippen LogP contribution in [0.5, 0.6) is 0 Å². The minimum Gasteiger partial charge on any atom is -0.252 e. The van der Waals surface area contributed by atoms with Crippen molar-refractivity contribution < 1.29 is 13.2 Å². The van der Waals surface area contributed by atoms with Gasteiger partial charge in [-0.2, -0.15) is 13.2 Å². The van der Waals surface area contributed by atoms with Crippen LogP contribution in [-0.2, 0) is 6.18 Å². The zero-order valence-electron chi connectivity index (χ0n) is 5.60. The summed E-state index contributed by atoms with van der Waals surface area (Å²) < 4.78 is 36.0. The van der Waals surface area contributed by atoms with Crippen LogP contribution in [0.15, 0.2) is 23.2 Å². The van der Waals surface area contributed by atoms with Gasteiger partial charge < -0.3 is 0 Å². The molecule has 0 bridgehead atoms. The Morgan fingerprint density at radius 1 is 1.42 bits per heavy atom. The van der Waals surface area contributed by atoms with Crippen LogP contribution in [0.2, 0.25) is 0 Å². The van der Waals surface area contributed by atoms with Crippen LogP contribution in [0.3, 0.4) is 0 Å². The normalized spacial score (nSPS) is 11.7. The molecule has 0 atom stereocenters. The maximum Gasteiger partial charge on any atom is 0.433 e. The highest BCUT2D eigenvalue weighted by Gasteiger charge is 2.32. The van der Waals surface area contributed by atoms with Crippen molar-refractivity contribution in [1.29, 1.82) is 0 Å². The molecule has 1 aromatic rings. The largest absolute Gasteiger partial charge is 0.433 e. The van der Waals surface area contributed by atoms with Gasteiger partial charge in [-0.25, -0.2) is 0 Å². The molecule has 0 fully saturated rings. The maximum absolute atomic E-state index is 12.0. The summed E-state index contributed by atoms with van der Waals surface area (Å²) in [5.74, 6) is 0. The molecule has 0 saturated carbocycles. The molecule has 0 spiro atoms. The molecular weight excluding hydrogens is 211 g/mol. The van der Waals surface area contributed by atoms with Crippen LogP contribution in [0, 0.1) is 0 Å². The van der Waals surface area contributed by atoms with E-state index >= 15 is 0 Å². The molecule has 0 aliphatic rings. The lowest BCUT2D eigenvalue weighted by Crippen LogP contribution is -2.07. The van der Waals surface area contributed by atoms with Crippen LogP contribution < -0.4 is 0 Å². The number of hydrogen-bond acceptors (Lipinski definition) is 2. The predicted octanol–water partition coefficient (Wildman–Crippen LogP) is 3.35. The monoisotopic (exact) mass is 213 g/mol. The van der Waals surface area contributed by atoms with Gasteiger partial charge in [-0.3, -0.25) is 4.98 Å². The molecule has 1 nitrogen and oxygen atoms in total. The van der Waals surface area contributed by atoms with Crippen molar-refractivity contribution in [2.45, 2.75) is 11.1 Å². The molecule has 1 rings (SSSR count). The quantitative estimate of drug-likeness (QED) is 0.710. The fourth-order valence-electron chi connectivity index (χ4n) is 0.614. The third-order valence-electron chi connectivity index (χ3n) is 1.11. The number of rotatable bonds is 1. The Hall–Kier alpha value is -0.420. The summed E-state index contributed by atoms with van der Waals surface area (Å²) in [6, 6.07) is 2.31. The van der Waals surface area contributed by atoms with E-state index in [1.165, 1.54) is 6.07 Å². The van der Waals surface area contributed by atoms with Gasteiger partial charge in [0.05, 0.1) is 0 Å². The molecule has 1 aromatic heterocycles. The van der Waals surface area contributed by atoms with Crippen molar-refractivity contribution in [1.82, 2.24) is 4.98 Å². The zero-order chi connectivity index (χ0) is 9.19. The second kappa shape index (κ2) is 3.53. The number of halogens is 4. The lowest BCUT2D eigenvalue weighted by molar-refractivity contribution is -0.141. The van der Waals surface area contributed by atoms with E-state index < -0.39 is 11.9 Å². The van der Waals surface area contributed by atoms with Gasteiger partial charge in [0.2, 0.25) is 0 Å². The molecule has 1 heterocycles. The Labute approximate surface area is 75.4 Å². The second-order valence-electron chi connectivity index (χ2n) is 1.95. The first-order chi connectivity index (χ1) is 5.54. The third kappa shape index (κ3) is 2.28. The summed E-state index contributed by atoms with van der Waals surface area (Å²) >= 11 is 0. The molecule has 0 aliphatic carbocycles. The van der Waals surface area contributed by atoms with Crippen LogP contribution in [0.25, 0.3) is 0 Å². The summed E-state index contributed by atoms with van der Waals surface area (Å²) in [4.78, 5) is 3.49. The first-order valence-corrected chi connectivity index (χ1v) is 4.50. The standard InChI is InChI=1S/C6H3ClF3NS/c7-12-4-1-2-11-5(3-4)6(8,9)10/h1-3H. The molecule has 0 saturated heterocycles. The SMILES string of the molecule is FC(F)(F)c1cc(SCl)ccn1. The van der Waals surface area contributed by atoms with E-state index in [1.54, 1.807) is 0 Å². The maximum atomic E-state index is 12.0. The minimum absolute atomic E-state index is 0.332. The fourth-order valence-corrected chi connectivity index (χ4v) is 1.17. The van der Waals surface area contributed by atoms with Crippen molar-refractivity contribution in [3.05, 3.63) is 24.0 Å². The molecule has 0 amide bonds. The highest BCUT2D eigenvalue weighted by atomic mass is 35.7. The zero-order valence-corrected chi connectivity index (χ0v) is 7.17. The first-order valence-electron chi connectivity index (χ1n) is 2.86. The van der Waals surface area contributed by atoms with E-state index in [0.29, 0.717) is 4.90 Å². The van der Waals surface area contributed by atoms with Crippen LogP contribution in [0.1, 0.15) is 5.69 Å². The topological polar surface area (TPSA) is 12.9 Å². The van der Waals surface area contributed by atoms with E-state index in [4.69, 9.17) is 10.7 Å². The smallest absolute Gasteiger partial charge is 0.252 e. The Morgan fingerprint density at radius 3 is 2.58 bits per heavy atom. The van der Waals surface area contributed by atoms with Crippen LogP contribution >= 0.6 is 21.7 Å². The molecule has 66 valence electrons. The van der Waals surface area contributed by atoms with E-state index in [0.717, 1.165) is 23.2 Å². The molecular formula is C6H3ClF3NS. The number of aromatic nitrogens is 1. The molecule has 0 aromatic carbocycles. The van der Waals surface area contributed by atoms with E-state index in [9.17, 15) is 13.2 Å². The lowest BCUT2D eigenvalue weighted by Gasteiger charge is -2.04. The molecule has 0 N–H and O–H groups in total. The Kier molecular flexibility index (Phi) is 2.85. The minimum atomic E-state index is -4.40. The molecule has 0 radical (unpaired) electrons. The second-order valence-corrected chi connectivity index (χ2v) is 3.04. The Morgan fingerprint density at radius 2 is 2.08 bits per heavy atom. The summed E-state index contributed by atoms with van der Waals surface area (Å²) in [6.45, 7) is 0. The van der Waals surface area contributed by atoms with Gasteiger partial charge in [0, 0.05) is 11.1 Å². The number of nitrogens with zero attached hydrogens (tertiary/aromatic N) is 1. The average molecular weight is 214 g/mol. The fraction of sp³-hybridized carbons (Fsp3) is 0.167.